The van der Waals surface area contributed by atoms with Crippen LogP contribution in [0.4, 0.5) is 0 Å². The molecule has 2 fully saturated rings. The maximum absolute atomic E-state index is 12.6. The van der Waals surface area contributed by atoms with Crippen molar-refractivity contribution in [3.63, 3.8) is 0 Å². The molecule has 8 heteroatoms. The molecular weight excluding hydrogens is 300 g/mol. The van der Waals surface area contributed by atoms with Crippen LogP contribution in [0, 0.1) is 0 Å². The molecule has 1 saturated heterocycles. The largest absolute Gasteiger partial charge is 0.448 e. The lowest BCUT2D eigenvalue weighted by Gasteiger charge is -2.34. The Morgan fingerprint density at radius 2 is 2.13 bits per heavy atom. The number of aromatic nitrogens is 3. The number of hydrogen-bond donors (Lipinski definition) is 1. The van der Waals surface area contributed by atoms with Gasteiger partial charge < -0.3 is 19.0 Å². The molecular formula is C15H18N4O4. The van der Waals surface area contributed by atoms with Crippen LogP contribution in [0.1, 0.15) is 60.2 Å². The molecule has 0 atom stereocenters. The summed E-state index contributed by atoms with van der Waals surface area (Å²) in [5.74, 6) is 1.19. The fraction of sp³-hybridized carbons (Fsp3) is 0.600. The number of rotatable bonds is 4. The van der Waals surface area contributed by atoms with Gasteiger partial charge in [0, 0.05) is 32.0 Å². The fourth-order valence-corrected chi connectivity index (χ4v) is 3.02. The van der Waals surface area contributed by atoms with Gasteiger partial charge in [-0.05, 0) is 12.8 Å². The molecule has 2 aromatic heterocycles. The first kappa shape index (κ1) is 14.4. The number of carbonyl (C=O) groups is 1. The van der Waals surface area contributed by atoms with Crippen molar-refractivity contribution in [2.24, 2.45) is 0 Å². The molecule has 0 radical (unpaired) electrons. The van der Waals surface area contributed by atoms with Gasteiger partial charge in [-0.1, -0.05) is 11.6 Å². The molecule has 2 aliphatic rings. The average Bonchev–Trinajstić information content (AvgIpc) is 3.18. The minimum Gasteiger partial charge on any atom is -0.448 e. The maximum Gasteiger partial charge on any atom is 0.274 e. The zero-order chi connectivity index (χ0) is 15.7. The van der Waals surface area contributed by atoms with Crippen LogP contribution in [0.15, 0.2) is 21.6 Å². The third-order valence-electron chi connectivity index (χ3n) is 4.70. The number of amides is 1. The van der Waals surface area contributed by atoms with Gasteiger partial charge in [0.15, 0.2) is 17.4 Å². The van der Waals surface area contributed by atoms with E-state index >= 15 is 0 Å². The molecule has 3 heterocycles. The van der Waals surface area contributed by atoms with Crippen molar-refractivity contribution in [1.82, 2.24) is 20.4 Å². The van der Waals surface area contributed by atoms with E-state index in [9.17, 15) is 4.79 Å². The Labute approximate surface area is 132 Å². The highest BCUT2D eigenvalue weighted by Crippen LogP contribution is 2.36. The van der Waals surface area contributed by atoms with Crippen LogP contribution in [-0.2, 0) is 10.3 Å². The lowest BCUT2D eigenvalue weighted by Crippen LogP contribution is -2.50. The summed E-state index contributed by atoms with van der Waals surface area (Å²) >= 11 is 0. The maximum atomic E-state index is 12.6. The van der Waals surface area contributed by atoms with Crippen molar-refractivity contribution in [3.05, 3.63) is 30.1 Å². The van der Waals surface area contributed by atoms with Gasteiger partial charge >= 0.3 is 0 Å². The smallest absolute Gasteiger partial charge is 0.274 e. The molecule has 8 nitrogen and oxygen atoms in total. The van der Waals surface area contributed by atoms with Crippen LogP contribution in [0.3, 0.4) is 0 Å². The molecule has 0 bridgehead atoms. The summed E-state index contributed by atoms with van der Waals surface area (Å²) < 4.78 is 15.7. The fourth-order valence-electron chi connectivity index (χ4n) is 3.02. The predicted octanol–water partition coefficient (Wildman–Crippen LogP) is 1.76. The summed E-state index contributed by atoms with van der Waals surface area (Å²) in [6.07, 6.45) is 7.21. The zero-order valence-corrected chi connectivity index (χ0v) is 12.7. The number of ether oxygens (including phenoxy) is 1. The van der Waals surface area contributed by atoms with E-state index in [1.807, 2.05) is 0 Å². The SMILES string of the molecule is O=C(NC1(c2ncon2)CCOCC1)c1coc(C2CCC2)n1. The molecule has 1 N–H and O–H groups in total. The van der Waals surface area contributed by atoms with E-state index in [1.54, 1.807) is 0 Å². The summed E-state index contributed by atoms with van der Waals surface area (Å²) in [7, 11) is 0. The van der Waals surface area contributed by atoms with Crippen LogP contribution in [0.2, 0.25) is 0 Å². The summed E-state index contributed by atoms with van der Waals surface area (Å²) in [5.41, 5.74) is -0.390. The summed E-state index contributed by atoms with van der Waals surface area (Å²) in [5, 5.41) is 6.93. The minimum atomic E-state index is -0.683. The van der Waals surface area contributed by atoms with Gasteiger partial charge in [0.25, 0.3) is 5.91 Å². The molecule has 2 aromatic rings. The Bertz CT molecular complexity index is 671. The number of hydrogen-bond acceptors (Lipinski definition) is 7. The zero-order valence-electron chi connectivity index (χ0n) is 12.7. The van der Waals surface area contributed by atoms with Crippen LogP contribution in [-0.4, -0.2) is 34.2 Å². The van der Waals surface area contributed by atoms with Crippen LogP contribution in [0.5, 0.6) is 0 Å². The van der Waals surface area contributed by atoms with E-state index in [0.717, 1.165) is 12.8 Å². The quantitative estimate of drug-likeness (QED) is 0.916. The van der Waals surface area contributed by atoms with Crippen molar-refractivity contribution in [2.45, 2.75) is 43.6 Å². The molecule has 0 spiro atoms. The van der Waals surface area contributed by atoms with E-state index in [1.165, 1.54) is 19.1 Å². The Morgan fingerprint density at radius 1 is 1.30 bits per heavy atom. The third kappa shape index (κ3) is 2.63. The van der Waals surface area contributed by atoms with E-state index in [0.29, 0.717) is 49.4 Å². The average molecular weight is 318 g/mol. The van der Waals surface area contributed by atoms with Gasteiger partial charge in [-0.15, -0.1) is 0 Å². The van der Waals surface area contributed by atoms with Crippen LogP contribution in [0.25, 0.3) is 0 Å². The monoisotopic (exact) mass is 318 g/mol. The normalized spacial score (nSPS) is 20.9. The van der Waals surface area contributed by atoms with Gasteiger partial charge in [0.1, 0.15) is 11.8 Å². The Morgan fingerprint density at radius 3 is 2.78 bits per heavy atom. The van der Waals surface area contributed by atoms with Crippen molar-refractivity contribution < 1.29 is 18.5 Å². The number of carbonyl (C=O) groups excluding carboxylic acids is 1. The van der Waals surface area contributed by atoms with Crippen LogP contribution < -0.4 is 5.32 Å². The molecule has 1 aliphatic carbocycles. The highest BCUT2D eigenvalue weighted by Gasteiger charge is 2.40. The minimum absolute atomic E-state index is 0.286. The third-order valence-corrected chi connectivity index (χ3v) is 4.70. The number of nitrogens with zero attached hydrogens (tertiary/aromatic N) is 3. The molecule has 0 aromatic carbocycles. The molecule has 23 heavy (non-hydrogen) atoms. The first-order valence-corrected chi connectivity index (χ1v) is 7.89. The first-order valence-electron chi connectivity index (χ1n) is 7.89. The van der Waals surface area contributed by atoms with Crippen LogP contribution >= 0.6 is 0 Å². The standard InChI is InChI=1S/C15H18N4O4/c20-12(11-8-22-13(17-11)10-2-1-3-10)18-15(4-6-21-7-5-15)14-16-9-23-19-14/h8-10H,1-7H2,(H,18,20). The Kier molecular flexibility index (Phi) is 3.60. The van der Waals surface area contributed by atoms with Gasteiger partial charge in [-0.3, -0.25) is 4.79 Å². The van der Waals surface area contributed by atoms with Gasteiger partial charge in [0.05, 0.1) is 0 Å². The van der Waals surface area contributed by atoms with Crippen molar-refractivity contribution in [1.29, 1.82) is 0 Å². The van der Waals surface area contributed by atoms with Crippen molar-refractivity contribution >= 4 is 5.91 Å². The summed E-state index contributed by atoms with van der Waals surface area (Å²) in [6, 6.07) is 0. The lowest BCUT2D eigenvalue weighted by atomic mass is 9.85. The second-order valence-electron chi connectivity index (χ2n) is 6.10. The molecule has 1 saturated carbocycles. The van der Waals surface area contributed by atoms with E-state index in [-0.39, 0.29) is 5.91 Å². The Hall–Kier alpha value is -2.22. The molecule has 0 unspecified atom stereocenters. The lowest BCUT2D eigenvalue weighted by molar-refractivity contribution is 0.0304. The molecule has 122 valence electrons. The van der Waals surface area contributed by atoms with E-state index in [2.05, 4.69) is 20.4 Å². The van der Waals surface area contributed by atoms with E-state index < -0.39 is 5.54 Å². The first-order chi connectivity index (χ1) is 11.3. The van der Waals surface area contributed by atoms with Crippen molar-refractivity contribution in [2.75, 3.05) is 13.2 Å². The second kappa shape index (κ2) is 5.77. The topological polar surface area (TPSA) is 103 Å². The molecule has 1 amide bonds. The predicted molar refractivity (Wildman–Crippen MR) is 76.6 cm³/mol. The highest BCUT2D eigenvalue weighted by atomic mass is 16.5. The van der Waals surface area contributed by atoms with E-state index in [4.69, 9.17) is 13.7 Å². The second-order valence-corrected chi connectivity index (χ2v) is 6.10. The number of nitrogens with one attached hydrogen (secondary N) is 1. The number of oxazole rings is 1. The van der Waals surface area contributed by atoms with Gasteiger partial charge in [0.2, 0.25) is 6.39 Å². The highest BCUT2D eigenvalue weighted by molar-refractivity contribution is 5.92. The summed E-state index contributed by atoms with van der Waals surface area (Å²) in [6.45, 7) is 1.06. The summed E-state index contributed by atoms with van der Waals surface area (Å²) in [4.78, 5) is 21.1. The van der Waals surface area contributed by atoms with Gasteiger partial charge in [-0.2, -0.15) is 4.98 Å². The van der Waals surface area contributed by atoms with Gasteiger partial charge in [-0.25, -0.2) is 4.98 Å². The molecule has 1 aliphatic heterocycles. The van der Waals surface area contributed by atoms with Crippen molar-refractivity contribution in [3.8, 4) is 0 Å². The Balaban J connectivity index is 1.54. The molecule has 4 rings (SSSR count).